The minimum absolute atomic E-state index is 0.0825. The Morgan fingerprint density at radius 1 is 1.33 bits per heavy atom. The topological polar surface area (TPSA) is 20.3 Å². The number of nitrogens with zero attached hydrogens (tertiary/aromatic N) is 1. The summed E-state index contributed by atoms with van der Waals surface area (Å²) in [4.78, 5) is 13.1. The fourth-order valence-corrected chi connectivity index (χ4v) is 1.63. The number of hydrogen-bond donors (Lipinski definition) is 0. The number of likely N-dealkylation sites (N-methyl/N-ethyl adjacent to an activating group) is 1. The van der Waals surface area contributed by atoms with Crippen LogP contribution in [0.5, 0.6) is 0 Å². The van der Waals surface area contributed by atoms with Gasteiger partial charge in [0.05, 0.1) is 0 Å². The summed E-state index contributed by atoms with van der Waals surface area (Å²) in [7, 11) is 3.41. The van der Waals surface area contributed by atoms with E-state index in [9.17, 15) is 4.79 Å². The third-order valence-corrected chi connectivity index (χ3v) is 2.78. The van der Waals surface area contributed by atoms with E-state index in [2.05, 4.69) is 6.92 Å². The zero-order valence-corrected chi connectivity index (χ0v) is 10.1. The second kappa shape index (κ2) is 5.17. The first kappa shape index (κ1) is 12.1. The van der Waals surface area contributed by atoms with E-state index in [4.69, 9.17) is 11.6 Å². The lowest BCUT2D eigenvalue weighted by Gasteiger charge is -2.15. The van der Waals surface area contributed by atoms with E-state index in [0.717, 1.165) is 12.0 Å². The van der Waals surface area contributed by atoms with Crippen LogP contribution in [-0.4, -0.2) is 24.9 Å². The summed E-state index contributed by atoms with van der Waals surface area (Å²) < 4.78 is 0. The number of carbonyl (C=O) groups excluding carboxylic acids is 1. The molecule has 1 aromatic rings. The number of hydrogen-bond acceptors (Lipinski definition) is 1. The Kier molecular flexibility index (Phi) is 4.15. The fraction of sp³-hybridized carbons (Fsp3) is 0.417. The molecular weight excluding hydrogens is 210 g/mol. The second-order valence-electron chi connectivity index (χ2n) is 3.69. The van der Waals surface area contributed by atoms with Crippen LogP contribution < -0.4 is 0 Å². The van der Waals surface area contributed by atoms with E-state index in [1.807, 2.05) is 24.3 Å². The Morgan fingerprint density at radius 2 is 1.87 bits per heavy atom. The van der Waals surface area contributed by atoms with Gasteiger partial charge in [-0.2, -0.15) is 0 Å². The van der Waals surface area contributed by atoms with Crippen molar-refractivity contribution in [2.75, 3.05) is 14.1 Å². The van der Waals surface area contributed by atoms with Gasteiger partial charge >= 0.3 is 0 Å². The van der Waals surface area contributed by atoms with E-state index in [0.29, 0.717) is 0 Å². The number of benzene rings is 1. The van der Waals surface area contributed by atoms with Crippen LogP contribution in [0.4, 0.5) is 0 Å². The molecule has 1 aromatic carbocycles. The Hall–Kier alpha value is -1.02. The van der Waals surface area contributed by atoms with Crippen molar-refractivity contribution < 1.29 is 4.79 Å². The van der Waals surface area contributed by atoms with Crippen molar-refractivity contribution in [2.45, 2.75) is 18.7 Å². The zero-order chi connectivity index (χ0) is 11.4. The zero-order valence-electron chi connectivity index (χ0n) is 9.33. The van der Waals surface area contributed by atoms with Gasteiger partial charge in [0, 0.05) is 14.1 Å². The highest BCUT2D eigenvalue weighted by atomic mass is 35.5. The first-order chi connectivity index (χ1) is 7.06. The van der Waals surface area contributed by atoms with Gasteiger partial charge in [0.25, 0.3) is 0 Å². The van der Waals surface area contributed by atoms with E-state index >= 15 is 0 Å². The summed E-state index contributed by atoms with van der Waals surface area (Å²) in [6.07, 6.45) is 0.995. The van der Waals surface area contributed by atoms with E-state index < -0.39 is 5.38 Å². The van der Waals surface area contributed by atoms with Crippen LogP contribution in [0.25, 0.3) is 0 Å². The molecule has 0 fully saturated rings. The van der Waals surface area contributed by atoms with Gasteiger partial charge in [-0.3, -0.25) is 4.79 Å². The number of alkyl halides is 1. The maximum Gasteiger partial charge on any atom is 0.244 e. The summed E-state index contributed by atoms with van der Waals surface area (Å²) in [6.45, 7) is 2.10. The van der Waals surface area contributed by atoms with Crippen LogP contribution in [0, 0.1) is 0 Å². The third-order valence-electron chi connectivity index (χ3n) is 2.34. The van der Waals surface area contributed by atoms with Gasteiger partial charge in [0.15, 0.2) is 0 Å². The summed E-state index contributed by atoms with van der Waals surface area (Å²) in [5.74, 6) is -0.0825. The van der Waals surface area contributed by atoms with Gasteiger partial charge in [-0.15, -0.1) is 11.6 Å². The number of carbonyl (C=O) groups is 1. The Balaban J connectivity index is 2.82. The molecule has 0 N–H and O–H groups in total. The Morgan fingerprint density at radius 3 is 2.27 bits per heavy atom. The van der Waals surface area contributed by atoms with E-state index in [1.165, 1.54) is 10.5 Å². The van der Waals surface area contributed by atoms with Gasteiger partial charge in [0.1, 0.15) is 5.38 Å². The van der Waals surface area contributed by atoms with Gasteiger partial charge in [-0.1, -0.05) is 31.2 Å². The second-order valence-corrected chi connectivity index (χ2v) is 4.13. The van der Waals surface area contributed by atoms with Crippen molar-refractivity contribution >= 4 is 17.5 Å². The van der Waals surface area contributed by atoms with Crippen LogP contribution in [-0.2, 0) is 11.2 Å². The van der Waals surface area contributed by atoms with Crippen LogP contribution >= 0.6 is 11.6 Å². The van der Waals surface area contributed by atoms with Crippen molar-refractivity contribution in [3.8, 4) is 0 Å². The summed E-state index contributed by atoms with van der Waals surface area (Å²) >= 11 is 6.06. The molecule has 0 saturated carbocycles. The molecule has 82 valence electrons. The molecule has 0 radical (unpaired) electrons. The van der Waals surface area contributed by atoms with Crippen molar-refractivity contribution in [2.24, 2.45) is 0 Å². The van der Waals surface area contributed by atoms with Crippen molar-refractivity contribution in [1.29, 1.82) is 0 Å². The molecule has 0 aliphatic carbocycles. The van der Waals surface area contributed by atoms with Crippen LogP contribution in [0.15, 0.2) is 24.3 Å². The summed E-state index contributed by atoms with van der Waals surface area (Å²) in [6, 6.07) is 7.84. The maximum atomic E-state index is 11.6. The predicted octanol–water partition coefficient (Wildman–Crippen LogP) is 2.62. The van der Waals surface area contributed by atoms with Crippen LogP contribution in [0.1, 0.15) is 23.4 Å². The van der Waals surface area contributed by atoms with Gasteiger partial charge < -0.3 is 4.90 Å². The van der Waals surface area contributed by atoms with E-state index in [1.54, 1.807) is 14.1 Å². The number of halogens is 1. The molecule has 0 bridgehead atoms. The lowest BCUT2D eigenvalue weighted by molar-refractivity contribution is -0.128. The first-order valence-electron chi connectivity index (χ1n) is 5.00. The highest BCUT2D eigenvalue weighted by Crippen LogP contribution is 2.22. The molecule has 0 saturated heterocycles. The van der Waals surface area contributed by atoms with E-state index in [-0.39, 0.29) is 5.91 Å². The number of amides is 1. The molecule has 1 atom stereocenters. The highest BCUT2D eigenvalue weighted by Gasteiger charge is 2.18. The minimum Gasteiger partial charge on any atom is -0.347 e. The molecule has 2 nitrogen and oxygen atoms in total. The van der Waals surface area contributed by atoms with Crippen molar-refractivity contribution in [3.05, 3.63) is 35.4 Å². The smallest absolute Gasteiger partial charge is 0.244 e. The molecule has 0 heterocycles. The van der Waals surface area contributed by atoms with Crippen LogP contribution in [0.2, 0.25) is 0 Å². The quantitative estimate of drug-likeness (QED) is 0.725. The predicted molar refractivity (Wildman–Crippen MR) is 63.1 cm³/mol. The molecular formula is C12H16ClNO. The standard InChI is InChI=1S/C12H16ClNO/c1-4-9-5-7-10(8-6-9)11(13)12(15)14(2)3/h5-8,11H,4H2,1-3H3. The largest absolute Gasteiger partial charge is 0.347 e. The molecule has 0 spiro atoms. The third kappa shape index (κ3) is 2.96. The summed E-state index contributed by atoms with van der Waals surface area (Å²) in [5, 5.41) is -0.578. The number of aryl methyl sites for hydroxylation is 1. The monoisotopic (exact) mass is 225 g/mol. The lowest BCUT2D eigenvalue weighted by Crippen LogP contribution is -2.25. The molecule has 0 aliphatic heterocycles. The molecule has 1 amide bonds. The molecule has 3 heteroatoms. The van der Waals surface area contributed by atoms with Crippen LogP contribution in [0.3, 0.4) is 0 Å². The molecule has 1 unspecified atom stereocenters. The molecule has 0 aliphatic rings. The highest BCUT2D eigenvalue weighted by molar-refractivity contribution is 6.30. The number of rotatable bonds is 3. The first-order valence-corrected chi connectivity index (χ1v) is 5.44. The average molecular weight is 226 g/mol. The SMILES string of the molecule is CCc1ccc(C(Cl)C(=O)N(C)C)cc1. The molecule has 1 rings (SSSR count). The van der Waals surface area contributed by atoms with Gasteiger partial charge in [-0.25, -0.2) is 0 Å². The lowest BCUT2D eigenvalue weighted by atomic mass is 10.1. The molecule has 0 aromatic heterocycles. The van der Waals surface area contributed by atoms with Gasteiger partial charge in [0.2, 0.25) is 5.91 Å². The Bertz CT molecular complexity index is 332. The summed E-state index contributed by atoms with van der Waals surface area (Å²) in [5.41, 5.74) is 2.10. The normalized spacial score (nSPS) is 12.3. The maximum absolute atomic E-state index is 11.6. The molecule has 15 heavy (non-hydrogen) atoms. The van der Waals surface area contributed by atoms with Gasteiger partial charge in [-0.05, 0) is 17.5 Å². The average Bonchev–Trinajstić information content (AvgIpc) is 2.27. The fourth-order valence-electron chi connectivity index (χ4n) is 1.29. The minimum atomic E-state index is -0.578. The van der Waals surface area contributed by atoms with Crippen molar-refractivity contribution in [1.82, 2.24) is 4.90 Å². The Labute approximate surface area is 95.8 Å². The van der Waals surface area contributed by atoms with Crippen molar-refractivity contribution in [3.63, 3.8) is 0 Å².